The molecule has 1 aromatic rings. The van der Waals surface area contributed by atoms with E-state index in [0.29, 0.717) is 17.9 Å². The zero-order chi connectivity index (χ0) is 13.7. The molecule has 0 aromatic heterocycles. The molecule has 2 rings (SSSR count). The molecule has 4 heteroatoms. The lowest BCUT2D eigenvalue weighted by atomic mass is 9.87. The minimum atomic E-state index is -0.376. The topological polar surface area (TPSA) is 21.3 Å². The van der Waals surface area contributed by atoms with Crippen molar-refractivity contribution < 1.29 is 13.5 Å². The summed E-state index contributed by atoms with van der Waals surface area (Å²) < 4.78 is 32.3. The summed E-state index contributed by atoms with van der Waals surface area (Å²) in [4.78, 5) is 0. The zero-order valence-electron chi connectivity index (χ0n) is 11.3. The van der Waals surface area contributed by atoms with Crippen LogP contribution in [0.3, 0.4) is 0 Å². The Balaban J connectivity index is 2.08. The van der Waals surface area contributed by atoms with Crippen LogP contribution in [0.4, 0.5) is 8.78 Å². The summed E-state index contributed by atoms with van der Waals surface area (Å²) >= 11 is 0. The first-order valence-corrected chi connectivity index (χ1v) is 6.95. The van der Waals surface area contributed by atoms with Crippen molar-refractivity contribution in [3.63, 3.8) is 0 Å². The minimum Gasteiger partial charge on any atom is -0.381 e. The molecule has 1 N–H and O–H groups in total. The van der Waals surface area contributed by atoms with Crippen LogP contribution in [0.15, 0.2) is 18.2 Å². The Morgan fingerprint density at radius 2 is 2.05 bits per heavy atom. The van der Waals surface area contributed by atoms with Gasteiger partial charge in [-0.3, -0.25) is 0 Å². The lowest BCUT2D eigenvalue weighted by molar-refractivity contribution is 0.0538. The molecule has 1 saturated heterocycles. The molecule has 1 atom stereocenters. The second-order valence-electron chi connectivity index (χ2n) is 5.05. The first-order valence-electron chi connectivity index (χ1n) is 6.95. The molecule has 0 aliphatic carbocycles. The largest absolute Gasteiger partial charge is 0.381 e. The van der Waals surface area contributed by atoms with Gasteiger partial charge in [-0.15, -0.1) is 0 Å². The van der Waals surface area contributed by atoms with E-state index in [0.717, 1.165) is 38.7 Å². The second-order valence-corrected chi connectivity index (χ2v) is 5.05. The van der Waals surface area contributed by atoms with Gasteiger partial charge in [-0.1, -0.05) is 6.92 Å². The molecule has 1 unspecified atom stereocenters. The van der Waals surface area contributed by atoms with Crippen molar-refractivity contribution in [2.45, 2.75) is 32.2 Å². The molecular weight excluding hydrogens is 248 g/mol. The van der Waals surface area contributed by atoms with Crippen LogP contribution in [-0.2, 0) is 11.2 Å². The highest BCUT2D eigenvalue weighted by Gasteiger charge is 2.24. The van der Waals surface area contributed by atoms with Gasteiger partial charge in [0.05, 0.1) is 0 Å². The molecule has 0 saturated carbocycles. The fourth-order valence-corrected chi connectivity index (χ4v) is 2.72. The molecule has 19 heavy (non-hydrogen) atoms. The van der Waals surface area contributed by atoms with E-state index >= 15 is 0 Å². The fourth-order valence-electron chi connectivity index (χ4n) is 2.72. The SMILES string of the molecule is CCNC(Cc1cc(F)ccc1F)C1CCOCC1. The minimum absolute atomic E-state index is 0.185. The lowest BCUT2D eigenvalue weighted by Gasteiger charge is -2.31. The van der Waals surface area contributed by atoms with E-state index in [1.165, 1.54) is 12.1 Å². The number of hydrogen-bond acceptors (Lipinski definition) is 2. The number of rotatable bonds is 5. The summed E-state index contributed by atoms with van der Waals surface area (Å²) in [6.45, 7) is 4.39. The van der Waals surface area contributed by atoms with Crippen molar-refractivity contribution in [3.8, 4) is 0 Å². The highest BCUT2D eigenvalue weighted by molar-refractivity contribution is 5.20. The van der Waals surface area contributed by atoms with Gasteiger partial charge in [0.25, 0.3) is 0 Å². The van der Waals surface area contributed by atoms with E-state index in [9.17, 15) is 8.78 Å². The Bertz CT molecular complexity index is 405. The van der Waals surface area contributed by atoms with Crippen molar-refractivity contribution in [3.05, 3.63) is 35.4 Å². The van der Waals surface area contributed by atoms with Crippen LogP contribution < -0.4 is 5.32 Å². The van der Waals surface area contributed by atoms with Gasteiger partial charge in [0.2, 0.25) is 0 Å². The van der Waals surface area contributed by atoms with E-state index in [2.05, 4.69) is 5.32 Å². The van der Waals surface area contributed by atoms with E-state index in [-0.39, 0.29) is 17.7 Å². The molecule has 0 bridgehead atoms. The monoisotopic (exact) mass is 269 g/mol. The third-order valence-corrected chi connectivity index (χ3v) is 3.75. The molecule has 0 amide bonds. The van der Waals surface area contributed by atoms with Crippen molar-refractivity contribution in [2.75, 3.05) is 19.8 Å². The zero-order valence-corrected chi connectivity index (χ0v) is 11.3. The maximum absolute atomic E-state index is 13.7. The van der Waals surface area contributed by atoms with Gasteiger partial charge in [-0.2, -0.15) is 0 Å². The van der Waals surface area contributed by atoms with Crippen molar-refractivity contribution in [2.24, 2.45) is 5.92 Å². The van der Waals surface area contributed by atoms with Crippen LogP contribution in [0.2, 0.25) is 0 Å². The van der Waals surface area contributed by atoms with Crippen molar-refractivity contribution >= 4 is 0 Å². The maximum atomic E-state index is 13.7. The highest BCUT2D eigenvalue weighted by Crippen LogP contribution is 2.23. The molecule has 1 aromatic carbocycles. The third-order valence-electron chi connectivity index (χ3n) is 3.75. The quantitative estimate of drug-likeness (QED) is 0.887. The lowest BCUT2D eigenvalue weighted by Crippen LogP contribution is -2.40. The number of hydrogen-bond donors (Lipinski definition) is 1. The molecule has 1 aliphatic heterocycles. The Kier molecular flexibility index (Phi) is 5.28. The molecule has 1 aliphatic rings. The summed E-state index contributed by atoms with van der Waals surface area (Å²) in [5.74, 6) is -0.230. The standard InChI is InChI=1S/C15H21F2NO/c1-2-18-15(11-5-7-19-8-6-11)10-12-9-13(16)3-4-14(12)17/h3-4,9,11,15,18H,2,5-8,10H2,1H3. The first-order chi connectivity index (χ1) is 9.20. The van der Waals surface area contributed by atoms with E-state index < -0.39 is 0 Å². The van der Waals surface area contributed by atoms with Gasteiger partial charge in [-0.25, -0.2) is 8.78 Å². The summed E-state index contributed by atoms with van der Waals surface area (Å²) in [7, 11) is 0. The number of likely N-dealkylation sites (N-methyl/N-ethyl adjacent to an activating group) is 1. The molecule has 2 nitrogen and oxygen atoms in total. The predicted molar refractivity (Wildman–Crippen MR) is 71.1 cm³/mol. The van der Waals surface area contributed by atoms with Gasteiger partial charge >= 0.3 is 0 Å². The van der Waals surface area contributed by atoms with Crippen molar-refractivity contribution in [1.82, 2.24) is 5.32 Å². The molecule has 1 fully saturated rings. The van der Waals surface area contributed by atoms with Crippen LogP contribution in [0, 0.1) is 17.6 Å². The Morgan fingerprint density at radius 3 is 2.74 bits per heavy atom. The van der Waals surface area contributed by atoms with Gasteiger partial charge in [0.1, 0.15) is 11.6 Å². The van der Waals surface area contributed by atoms with Crippen LogP contribution in [-0.4, -0.2) is 25.8 Å². The Hall–Kier alpha value is -1.00. The second kappa shape index (κ2) is 6.96. The third kappa shape index (κ3) is 3.98. The average molecular weight is 269 g/mol. The Labute approximate surface area is 113 Å². The van der Waals surface area contributed by atoms with Gasteiger partial charge in [0.15, 0.2) is 0 Å². The van der Waals surface area contributed by atoms with Gasteiger partial charge in [0, 0.05) is 19.3 Å². The molecular formula is C15H21F2NO. The molecule has 0 radical (unpaired) electrons. The maximum Gasteiger partial charge on any atom is 0.126 e. The predicted octanol–water partition coefficient (Wildman–Crippen LogP) is 2.91. The highest BCUT2D eigenvalue weighted by atomic mass is 19.1. The van der Waals surface area contributed by atoms with Crippen LogP contribution in [0.1, 0.15) is 25.3 Å². The van der Waals surface area contributed by atoms with Crippen molar-refractivity contribution in [1.29, 1.82) is 0 Å². The summed E-state index contributed by atoms with van der Waals surface area (Å²) in [6.07, 6.45) is 2.49. The fraction of sp³-hybridized carbons (Fsp3) is 0.600. The normalized spacial score (nSPS) is 18.5. The summed E-state index contributed by atoms with van der Waals surface area (Å²) in [5.41, 5.74) is 0.456. The molecule has 1 heterocycles. The number of ether oxygens (including phenoxy) is 1. The molecule has 106 valence electrons. The molecule has 0 spiro atoms. The van der Waals surface area contributed by atoms with E-state index in [4.69, 9.17) is 4.74 Å². The summed E-state index contributed by atoms with van der Waals surface area (Å²) in [6, 6.07) is 3.86. The van der Waals surface area contributed by atoms with E-state index in [1.54, 1.807) is 0 Å². The summed E-state index contributed by atoms with van der Waals surface area (Å²) in [5, 5.41) is 3.40. The van der Waals surface area contributed by atoms with E-state index in [1.807, 2.05) is 6.92 Å². The number of benzene rings is 1. The van der Waals surface area contributed by atoms with Crippen LogP contribution in [0.25, 0.3) is 0 Å². The van der Waals surface area contributed by atoms with Gasteiger partial charge < -0.3 is 10.1 Å². The smallest absolute Gasteiger partial charge is 0.126 e. The van der Waals surface area contributed by atoms with Crippen LogP contribution in [0.5, 0.6) is 0 Å². The van der Waals surface area contributed by atoms with Crippen LogP contribution >= 0.6 is 0 Å². The van der Waals surface area contributed by atoms with Gasteiger partial charge in [-0.05, 0) is 55.5 Å². The number of nitrogens with one attached hydrogen (secondary N) is 1. The first kappa shape index (κ1) is 14.4. The average Bonchev–Trinajstić information content (AvgIpc) is 2.43. The Morgan fingerprint density at radius 1 is 1.32 bits per heavy atom. The number of halogens is 2.